The number of nitrogens with zero attached hydrogens (tertiary/aromatic N) is 1. The van der Waals surface area contributed by atoms with Crippen LogP contribution in [0.4, 0.5) is 10.1 Å². The Labute approximate surface area is 110 Å². The number of nitrogen functional groups attached to an aromatic ring is 1. The van der Waals surface area contributed by atoms with Crippen LogP contribution >= 0.6 is 0 Å². The molecule has 19 heavy (non-hydrogen) atoms. The fourth-order valence-electron chi connectivity index (χ4n) is 2.33. The van der Waals surface area contributed by atoms with E-state index in [9.17, 15) is 14.0 Å². The van der Waals surface area contributed by atoms with Crippen LogP contribution in [0.15, 0.2) is 18.2 Å². The molecule has 1 aliphatic heterocycles. The zero-order chi connectivity index (χ0) is 14.0. The number of para-hydroxylation sites is 1. The van der Waals surface area contributed by atoms with Gasteiger partial charge in [-0.2, -0.15) is 0 Å². The largest absolute Gasteiger partial charge is 0.396 e. The van der Waals surface area contributed by atoms with Crippen molar-refractivity contribution in [1.82, 2.24) is 10.2 Å². The summed E-state index contributed by atoms with van der Waals surface area (Å²) >= 11 is 0. The third-order valence-corrected chi connectivity index (χ3v) is 3.35. The van der Waals surface area contributed by atoms with Gasteiger partial charge < -0.3 is 16.0 Å². The summed E-state index contributed by atoms with van der Waals surface area (Å²) in [4.78, 5) is 25.5. The zero-order valence-corrected chi connectivity index (χ0v) is 10.6. The molecule has 0 spiro atoms. The second kappa shape index (κ2) is 5.26. The van der Waals surface area contributed by atoms with E-state index in [0.29, 0.717) is 13.0 Å². The number of likely N-dealkylation sites (N-methyl/N-ethyl adjacent to an activating group) is 1. The average Bonchev–Trinajstić information content (AvgIpc) is 2.89. The summed E-state index contributed by atoms with van der Waals surface area (Å²) in [6.45, 7) is 0.479. The van der Waals surface area contributed by atoms with Crippen LogP contribution in [0.25, 0.3) is 0 Å². The summed E-state index contributed by atoms with van der Waals surface area (Å²) in [6, 6.07) is 3.61. The van der Waals surface area contributed by atoms with Crippen molar-refractivity contribution in [2.24, 2.45) is 0 Å². The number of nitrogens with one attached hydrogen (secondary N) is 1. The number of carbonyl (C=O) groups excluding carboxylic acids is 2. The molecule has 0 aromatic heterocycles. The van der Waals surface area contributed by atoms with E-state index in [1.807, 2.05) is 0 Å². The monoisotopic (exact) mass is 265 g/mol. The van der Waals surface area contributed by atoms with E-state index in [2.05, 4.69) is 5.32 Å². The predicted octanol–water partition coefficient (Wildman–Crippen LogP) is 0.758. The quantitative estimate of drug-likeness (QED) is 0.775. The molecule has 6 heteroatoms. The fraction of sp³-hybridized carbons (Fsp3) is 0.385. The van der Waals surface area contributed by atoms with E-state index in [1.165, 1.54) is 30.1 Å². The van der Waals surface area contributed by atoms with Gasteiger partial charge in [0, 0.05) is 13.6 Å². The average molecular weight is 265 g/mol. The highest BCUT2D eigenvalue weighted by Gasteiger charge is 2.34. The van der Waals surface area contributed by atoms with Gasteiger partial charge in [-0.25, -0.2) is 4.39 Å². The Balaban J connectivity index is 2.28. The minimum Gasteiger partial charge on any atom is -0.396 e. The number of benzene rings is 1. The van der Waals surface area contributed by atoms with Crippen molar-refractivity contribution in [3.8, 4) is 0 Å². The minimum atomic E-state index is -0.624. The normalized spacial score (nSPS) is 18.4. The first kappa shape index (κ1) is 13.3. The number of hydrogen-bond acceptors (Lipinski definition) is 3. The summed E-state index contributed by atoms with van der Waals surface area (Å²) in [5.41, 5.74) is 5.52. The topological polar surface area (TPSA) is 75.4 Å². The fourth-order valence-corrected chi connectivity index (χ4v) is 2.33. The second-order valence-corrected chi connectivity index (χ2v) is 4.47. The standard InChI is InChI=1S/C13H16FN3O2/c1-16-12(18)10-6-3-7-17(10)13(19)8-4-2-5-9(14)11(8)15/h2,4-5,10H,3,6-7,15H2,1H3,(H,16,18). The van der Waals surface area contributed by atoms with Gasteiger partial charge in [-0.1, -0.05) is 6.07 Å². The second-order valence-electron chi connectivity index (χ2n) is 4.47. The molecule has 1 atom stereocenters. The highest BCUT2D eigenvalue weighted by Crippen LogP contribution is 2.24. The Hall–Kier alpha value is -2.11. The zero-order valence-electron chi connectivity index (χ0n) is 10.6. The molecule has 1 heterocycles. The van der Waals surface area contributed by atoms with Crippen LogP contribution in [0.3, 0.4) is 0 Å². The maximum absolute atomic E-state index is 13.4. The van der Waals surface area contributed by atoms with Crippen LogP contribution in [0.5, 0.6) is 0 Å². The van der Waals surface area contributed by atoms with Crippen LogP contribution < -0.4 is 11.1 Å². The molecule has 2 amide bonds. The van der Waals surface area contributed by atoms with Crippen LogP contribution in [0.1, 0.15) is 23.2 Å². The van der Waals surface area contributed by atoms with E-state index in [1.54, 1.807) is 0 Å². The highest BCUT2D eigenvalue weighted by atomic mass is 19.1. The van der Waals surface area contributed by atoms with E-state index >= 15 is 0 Å². The van der Waals surface area contributed by atoms with E-state index in [4.69, 9.17) is 5.73 Å². The van der Waals surface area contributed by atoms with Crippen molar-refractivity contribution in [2.45, 2.75) is 18.9 Å². The smallest absolute Gasteiger partial charge is 0.256 e. The molecule has 1 aromatic carbocycles. The summed E-state index contributed by atoms with van der Waals surface area (Å²) < 4.78 is 13.4. The lowest BCUT2D eigenvalue weighted by Gasteiger charge is -2.24. The van der Waals surface area contributed by atoms with Crippen molar-refractivity contribution in [3.63, 3.8) is 0 Å². The van der Waals surface area contributed by atoms with Crippen molar-refractivity contribution >= 4 is 17.5 Å². The number of rotatable bonds is 2. The number of carbonyl (C=O) groups is 2. The molecule has 1 unspecified atom stereocenters. The lowest BCUT2D eigenvalue weighted by Crippen LogP contribution is -2.45. The first-order valence-corrected chi connectivity index (χ1v) is 6.12. The van der Waals surface area contributed by atoms with Crippen LogP contribution in [0, 0.1) is 5.82 Å². The van der Waals surface area contributed by atoms with Crippen LogP contribution in [-0.4, -0.2) is 36.3 Å². The molecule has 2 rings (SSSR count). The molecular weight excluding hydrogens is 249 g/mol. The highest BCUT2D eigenvalue weighted by molar-refractivity contribution is 6.01. The summed E-state index contributed by atoms with van der Waals surface area (Å²) in [5.74, 6) is -1.23. The number of likely N-dealkylation sites (tertiary alicyclic amines) is 1. The third kappa shape index (κ3) is 2.38. The Kier molecular flexibility index (Phi) is 3.69. The van der Waals surface area contributed by atoms with E-state index in [0.717, 1.165) is 6.42 Å². The number of nitrogens with two attached hydrogens (primary N) is 1. The molecule has 0 radical (unpaired) electrons. The van der Waals surface area contributed by atoms with Crippen LogP contribution in [0.2, 0.25) is 0 Å². The SMILES string of the molecule is CNC(=O)C1CCCN1C(=O)c1cccc(F)c1N. The van der Waals surface area contributed by atoms with Gasteiger partial charge in [0.1, 0.15) is 11.9 Å². The lowest BCUT2D eigenvalue weighted by molar-refractivity contribution is -0.124. The van der Waals surface area contributed by atoms with Crippen LogP contribution in [-0.2, 0) is 4.79 Å². The van der Waals surface area contributed by atoms with Gasteiger partial charge in [-0.3, -0.25) is 9.59 Å². The Morgan fingerprint density at radius 1 is 1.47 bits per heavy atom. The molecule has 0 bridgehead atoms. The lowest BCUT2D eigenvalue weighted by atomic mass is 10.1. The first-order valence-electron chi connectivity index (χ1n) is 6.12. The molecule has 0 saturated carbocycles. The maximum atomic E-state index is 13.4. The molecule has 1 aromatic rings. The summed E-state index contributed by atoms with van der Waals surface area (Å²) in [7, 11) is 1.53. The molecule has 102 valence electrons. The Bertz CT molecular complexity index is 519. The predicted molar refractivity (Wildman–Crippen MR) is 68.9 cm³/mol. The number of anilines is 1. The van der Waals surface area contributed by atoms with E-state index < -0.39 is 17.8 Å². The minimum absolute atomic E-state index is 0.107. The Morgan fingerprint density at radius 3 is 2.89 bits per heavy atom. The number of halogens is 1. The van der Waals surface area contributed by atoms with Gasteiger partial charge in [-0.05, 0) is 25.0 Å². The van der Waals surface area contributed by atoms with Crippen molar-refractivity contribution < 1.29 is 14.0 Å². The molecule has 3 N–H and O–H groups in total. The number of amides is 2. The molecule has 1 fully saturated rings. The van der Waals surface area contributed by atoms with E-state index in [-0.39, 0.29) is 17.2 Å². The van der Waals surface area contributed by atoms with Gasteiger partial charge in [0.2, 0.25) is 5.91 Å². The van der Waals surface area contributed by atoms with Crippen molar-refractivity contribution in [3.05, 3.63) is 29.6 Å². The molecule has 0 aliphatic carbocycles. The first-order chi connectivity index (χ1) is 9.06. The summed E-state index contributed by atoms with van der Waals surface area (Å²) in [5, 5.41) is 2.53. The van der Waals surface area contributed by atoms with Crippen molar-refractivity contribution in [2.75, 3.05) is 19.3 Å². The maximum Gasteiger partial charge on any atom is 0.256 e. The summed E-state index contributed by atoms with van der Waals surface area (Å²) in [6.07, 6.45) is 1.36. The van der Waals surface area contributed by atoms with Gasteiger partial charge in [0.05, 0.1) is 11.3 Å². The molecular formula is C13H16FN3O2. The van der Waals surface area contributed by atoms with Crippen molar-refractivity contribution in [1.29, 1.82) is 0 Å². The number of hydrogen-bond donors (Lipinski definition) is 2. The molecule has 1 aliphatic rings. The molecule has 1 saturated heterocycles. The van der Waals surface area contributed by atoms with Gasteiger partial charge in [0.25, 0.3) is 5.91 Å². The van der Waals surface area contributed by atoms with Gasteiger partial charge >= 0.3 is 0 Å². The molecule has 5 nitrogen and oxygen atoms in total. The van der Waals surface area contributed by atoms with Gasteiger partial charge in [0.15, 0.2) is 0 Å². The third-order valence-electron chi connectivity index (χ3n) is 3.35. The Morgan fingerprint density at radius 2 is 2.21 bits per heavy atom. The van der Waals surface area contributed by atoms with Gasteiger partial charge in [-0.15, -0.1) is 0 Å².